The summed E-state index contributed by atoms with van der Waals surface area (Å²) in [5.74, 6) is 0.0490. The first-order valence-electron chi connectivity index (χ1n) is 9.61. The number of esters is 1. The van der Waals surface area contributed by atoms with E-state index in [4.69, 9.17) is 4.74 Å². The van der Waals surface area contributed by atoms with Gasteiger partial charge < -0.3 is 10.1 Å². The number of hydrogen-bond acceptors (Lipinski definition) is 6. The van der Waals surface area contributed by atoms with Crippen molar-refractivity contribution in [3.05, 3.63) is 71.1 Å². The van der Waals surface area contributed by atoms with Crippen LogP contribution < -0.4 is 5.32 Å². The van der Waals surface area contributed by atoms with Crippen molar-refractivity contribution < 1.29 is 13.9 Å². The number of nitrogens with zero attached hydrogens (tertiary/aromatic N) is 2. The number of benzene rings is 2. The zero-order chi connectivity index (χ0) is 21.1. The SMILES string of the molecule is CCCOC(=O)c1ccc(Nc2ncnc3sc(C)c(-c4ccc(F)cc4)c23)cc1. The summed E-state index contributed by atoms with van der Waals surface area (Å²) in [6.07, 6.45) is 2.30. The summed E-state index contributed by atoms with van der Waals surface area (Å²) in [5.41, 5.74) is 3.18. The van der Waals surface area contributed by atoms with Crippen LogP contribution in [0, 0.1) is 12.7 Å². The number of ether oxygens (including phenoxy) is 1. The van der Waals surface area contributed by atoms with E-state index in [1.54, 1.807) is 35.6 Å². The number of rotatable bonds is 6. The number of halogens is 1. The highest BCUT2D eigenvalue weighted by Gasteiger charge is 2.17. The van der Waals surface area contributed by atoms with E-state index in [9.17, 15) is 9.18 Å². The van der Waals surface area contributed by atoms with Crippen LogP contribution in [0.4, 0.5) is 15.9 Å². The first-order valence-corrected chi connectivity index (χ1v) is 10.4. The summed E-state index contributed by atoms with van der Waals surface area (Å²) in [7, 11) is 0. The normalized spacial score (nSPS) is 10.9. The molecule has 30 heavy (non-hydrogen) atoms. The Morgan fingerprint density at radius 3 is 2.53 bits per heavy atom. The maximum atomic E-state index is 13.4. The number of anilines is 2. The smallest absolute Gasteiger partial charge is 0.338 e. The number of aromatic nitrogens is 2. The fourth-order valence-electron chi connectivity index (χ4n) is 3.21. The molecule has 0 atom stereocenters. The minimum absolute atomic E-state index is 0.275. The molecule has 1 N–H and O–H groups in total. The molecule has 5 nitrogen and oxygen atoms in total. The van der Waals surface area contributed by atoms with Crippen molar-refractivity contribution in [3.63, 3.8) is 0 Å². The van der Waals surface area contributed by atoms with Gasteiger partial charge in [0.25, 0.3) is 0 Å². The van der Waals surface area contributed by atoms with Gasteiger partial charge in [-0.3, -0.25) is 0 Å². The average molecular weight is 421 g/mol. The molecule has 0 aliphatic rings. The van der Waals surface area contributed by atoms with E-state index in [0.29, 0.717) is 18.0 Å². The third-order valence-electron chi connectivity index (χ3n) is 4.62. The lowest BCUT2D eigenvalue weighted by atomic mass is 10.0. The van der Waals surface area contributed by atoms with E-state index < -0.39 is 0 Å². The Morgan fingerprint density at radius 1 is 1.10 bits per heavy atom. The van der Waals surface area contributed by atoms with Crippen molar-refractivity contribution in [1.82, 2.24) is 9.97 Å². The number of hydrogen-bond donors (Lipinski definition) is 1. The molecule has 0 amide bonds. The molecule has 0 radical (unpaired) electrons. The molecule has 0 saturated carbocycles. The summed E-state index contributed by atoms with van der Waals surface area (Å²) in [6, 6.07) is 13.5. The molecule has 2 aromatic heterocycles. The van der Waals surface area contributed by atoms with Crippen LogP contribution in [0.2, 0.25) is 0 Å². The third kappa shape index (κ3) is 4.02. The molecule has 2 heterocycles. The number of thiophene rings is 1. The van der Waals surface area contributed by atoms with Gasteiger partial charge in [-0.15, -0.1) is 11.3 Å². The van der Waals surface area contributed by atoms with Crippen LogP contribution >= 0.6 is 11.3 Å². The lowest BCUT2D eigenvalue weighted by Gasteiger charge is -2.10. The summed E-state index contributed by atoms with van der Waals surface area (Å²) >= 11 is 1.57. The molecule has 2 aromatic carbocycles. The molecule has 0 fully saturated rings. The highest BCUT2D eigenvalue weighted by molar-refractivity contribution is 7.19. The van der Waals surface area contributed by atoms with Crippen LogP contribution in [-0.2, 0) is 4.74 Å². The van der Waals surface area contributed by atoms with Crippen molar-refractivity contribution in [2.45, 2.75) is 20.3 Å². The van der Waals surface area contributed by atoms with Gasteiger partial charge in [-0.25, -0.2) is 19.2 Å². The third-order valence-corrected chi connectivity index (χ3v) is 5.63. The van der Waals surface area contributed by atoms with E-state index in [1.165, 1.54) is 18.5 Å². The predicted molar refractivity (Wildman–Crippen MR) is 118 cm³/mol. The van der Waals surface area contributed by atoms with E-state index in [2.05, 4.69) is 15.3 Å². The molecule has 152 valence electrons. The molecule has 0 spiro atoms. The van der Waals surface area contributed by atoms with E-state index in [0.717, 1.165) is 38.3 Å². The largest absolute Gasteiger partial charge is 0.462 e. The maximum Gasteiger partial charge on any atom is 0.338 e. The summed E-state index contributed by atoms with van der Waals surface area (Å²) < 4.78 is 18.6. The Morgan fingerprint density at radius 2 is 1.83 bits per heavy atom. The van der Waals surface area contributed by atoms with Gasteiger partial charge in [-0.1, -0.05) is 19.1 Å². The molecule has 4 aromatic rings. The van der Waals surface area contributed by atoms with Crippen molar-refractivity contribution in [2.24, 2.45) is 0 Å². The number of fused-ring (bicyclic) bond motifs is 1. The molecular weight excluding hydrogens is 401 g/mol. The standard InChI is InChI=1S/C23H20FN3O2S/c1-3-12-29-23(28)16-6-10-18(11-7-16)27-21-20-19(15-4-8-17(24)9-5-15)14(2)30-22(20)26-13-25-21/h4-11,13H,3,12H2,1-2H3,(H,25,26,27). The van der Waals surface area contributed by atoms with Crippen molar-refractivity contribution in [1.29, 1.82) is 0 Å². The van der Waals surface area contributed by atoms with E-state index in [-0.39, 0.29) is 11.8 Å². The molecular formula is C23H20FN3O2S. The number of carbonyl (C=O) groups is 1. The Bertz CT molecular complexity index is 1190. The fourth-order valence-corrected chi connectivity index (χ4v) is 4.22. The zero-order valence-electron chi connectivity index (χ0n) is 16.6. The van der Waals surface area contributed by atoms with Crippen LogP contribution in [0.15, 0.2) is 54.9 Å². The molecule has 7 heteroatoms. The first kappa shape index (κ1) is 20.0. The van der Waals surface area contributed by atoms with Gasteiger partial charge in [0.2, 0.25) is 0 Å². The van der Waals surface area contributed by atoms with E-state index in [1.807, 2.05) is 26.0 Å². The Hall–Kier alpha value is -3.32. The number of aryl methyl sites for hydroxylation is 1. The second kappa shape index (κ2) is 8.59. The molecule has 0 aliphatic heterocycles. The molecule has 0 saturated heterocycles. The van der Waals surface area contributed by atoms with Gasteiger partial charge in [0.1, 0.15) is 22.8 Å². The first-order chi connectivity index (χ1) is 14.6. The topological polar surface area (TPSA) is 64.1 Å². The summed E-state index contributed by atoms with van der Waals surface area (Å²) in [5, 5.41) is 4.21. The van der Waals surface area contributed by atoms with Crippen LogP contribution in [-0.4, -0.2) is 22.5 Å². The van der Waals surface area contributed by atoms with Crippen LogP contribution in [0.25, 0.3) is 21.3 Å². The fraction of sp³-hybridized carbons (Fsp3) is 0.174. The van der Waals surface area contributed by atoms with Gasteiger partial charge in [0, 0.05) is 16.1 Å². The minimum Gasteiger partial charge on any atom is -0.462 e. The predicted octanol–water partition coefficient (Wildman–Crippen LogP) is 6.12. The lowest BCUT2D eigenvalue weighted by Crippen LogP contribution is -2.05. The van der Waals surface area contributed by atoms with Gasteiger partial charge in [-0.05, 0) is 55.3 Å². The highest BCUT2D eigenvalue weighted by atomic mass is 32.1. The summed E-state index contributed by atoms with van der Waals surface area (Å²) in [6.45, 7) is 4.38. The molecule has 0 bridgehead atoms. The van der Waals surface area contributed by atoms with Crippen molar-refractivity contribution in [2.75, 3.05) is 11.9 Å². The average Bonchev–Trinajstić information content (AvgIpc) is 3.10. The van der Waals surface area contributed by atoms with Crippen LogP contribution in [0.1, 0.15) is 28.6 Å². The van der Waals surface area contributed by atoms with Gasteiger partial charge in [0.05, 0.1) is 17.6 Å². The summed E-state index contributed by atoms with van der Waals surface area (Å²) in [4.78, 5) is 22.8. The molecule has 4 rings (SSSR count). The van der Waals surface area contributed by atoms with Gasteiger partial charge in [0.15, 0.2) is 0 Å². The van der Waals surface area contributed by atoms with Crippen molar-refractivity contribution >= 4 is 39.0 Å². The quantitative estimate of drug-likeness (QED) is 0.380. The highest BCUT2D eigenvalue weighted by Crippen LogP contribution is 2.41. The molecule has 0 unspecified atom stereocenters. The maximum absolute atomic E-state index is 13.4. The zero-order valence-corrected chi connectivity index (χ0v) is 17.4. The molecule has 0 aliphatic carbocycles. The second-order valence-corrected chi connectivity index (χ2v) is 7.98. The number of carbonyl (C=O) groups excluding carboxylic acids is 1. The Kier molecular flexibility index (Phi) is 5.72. The number of nitrogens with one attached hydrogen (secondary N) is 1. The van der Waals surface area contributed by atoms with Crippen LogP contribution in [0.5, 0.6) is 0 Å². The minimum atomic E-state index is -0.333. The van der Waals surface area contributed by atoms with Crippen molar-refractivity contribution in [3.8, 4) is 11.1 Å². The Labute approximate surface area is 177 Å². The van der Waals surface area contributed by atoms with E-state index >= 15 is 0 Å². The second-order valence-electron chi connectivity index (χ2n) is 6.78. The van der Waals surface area contributed by atoms with Crippen LogP contribution in [0.3, 0.4) is 0 Å². The Balaban J connectivity index is 1.68. The van der Waals surface area contributed by atoms with Gasteiger partial charge >= 0.3 is 5.97 Å². The lowest BCUT2D eigenvalue weighted by molar-refractivity contribution is 0.0505. The van der Waals surface area contributed by atoms with Gasteiger partial charge in [-0.2, -0.15) is 0 Å². The monoisotopic (exact) mass is 421 g/mol.